The van der Waals surface area contributed by atoms with Gasteiger partial charge < -0.3 is 4.74 Å². The normalized spacial score (nSPS) is 10.5. The van der Waals surface area contributed by atoms with Crippen molar-refractivity contribution in [2.45, 2.75) is 27.2 Å². The van der Waals surface area contributed by atoms with Crippen LogP contribution in [-0.2, 0) is 6.42 Å². The first kappa shape index (κ1) is 11.8. The number of rotatable bonds is 4. The number of carbonyl (C=O) groups is 1. The summed E-state index contributed by atoms with van der Waals surface area (Å²) in [6.07, 6.45) is 1.01. The summed E-state index contributed by atoms with van der Waals surface area (Å²) in [5.74, 6) is 1.33. The van der Waals surface area contributed by atoms with Crippen molar-refractivity contribution in [2.75, 3.05) is 7.11 Å². The molecule has 0 aromatic heterocycles. The van der Waals surface area contributed by atoms with Crippen molar-refractivity contribution < 1.29 is 9.53 Å². The SMILES string of the molecule is COc1cc(CC(C)C)ccc1C(C)=O. The summed E-state index contributed by atoms with van der Waals surface area (Å²) in [7, 11) is 1.60. The van der Waals surface area contributed by atoms with E-state index in [1.54, 1.807) is 14.0 Å². The van der Waals surface area contributed by atoms with E-state index in [0.717, 1.165) is 6.42 Å². The van der Waals surface area contributed by atoms with Crippen LogP contribution in [0.1, 0.15) is 36.7 Å². The third-order valence-electron chi connectivity index (χ3n) is 2.29. The van der Waals surface area contributed by atoms with Crippen molar-refractivity contribution >= 4 is 5.78 Å². The topological polar surface area (TPSA) is 26.3 Å². The number of hydrogen-bond acceptors (Lipinski definition) is 2. The Morgan fingerprint density at radius 3 is 2.53 bits per heavy atom. The molecular weight excluding hydrogens is 188 g/mol. The quantitative estimate of drug-likeness (QED) is 0.707. The van der Waals surface area contributed by atoms with Crippen molar-refractivity contribution in [3.05, 3.63) is 29.3 Å². The molecule has 0 amide bonds. The van der Waals surface area contributed by atoms with Gasteiger partial charge in [-0.05, 0) is 37.0 Å². The van der Waals surface area contributed by atoms with Gasteiger partial charge in [-0.15, -0.1) is 0 Å². The largest absolute Gasteiger partial charge is 0.496 e. The molecule has 1 aromatic rings. The maximum atomic E-state index is 11.3. The van der Waals surface area contributed by atoms with Gasteiger partial charge in [-0.25, -0.2) is 0 Å². The van der Waals surface area contributed by atoms with Crippen LogP contribution in [0.5, 0.6) is 5.75 Å². The molecule has 0 spiro atoms. The minimum Gasteiger partial charge on any atom is -0.496 e. The van der Waals surface area contributed by atoms with E-state index >= 15 is 0 Å². The summed E-state index contributed by atoms with van der Waals surface area (Å²) in [6.45, 7) is 5.90. The second-order valence-electron chi connectivity index (χ2n) is 4.19. The summed E-state index contributed by atoms with van der Waals surface area (Å²) >= 11 is 0. The lowest BCUT2D eigenvalue weighted by Crippen LogP contribution is -2.00. The van der Waals surface area contributed by atoms with Crippen molar-refractivity contribution in [3.63, 3.8) is 0 Å². The highest BCUT2D eigenvalue weighted by atomic mass is 16.5. The smallest absolute Gasteiger partial charge is 0.163 e. The van der Waals surface area contributed by atoms with Crippen molar-refractivity contribution in [2.24, 2.45) is 5.92 Å². The number of Topliss-reactive ketones (excluding diaryl/α,β-unsaturated/α-hetero) is 1. The molecular formula is C13H18O2. The molecule has 2 heteroatoms. The van der Waals surface area contributed by atoms with E-state index in [9.17, 15) is 4.79 Å². The van der Waals surface area contributed by atoms with E-state index in [1.165, 1.54) is 5.56 Å². The highest BCUT2D eigenvalue weighted by Gasteiger charge is 2.08. The van der Waals surface area contributed by atoms with Gasteiger partial charge in [0.25, 0.3) is 0 Å². The average Bonchev–Trinajstić information content (AvgIpc) is 2.16. The molecule has 0 heterocycles. The summed E-state index contributed by atoms with van der Waals surface area (Å²) < 4.78 is 5.21. The van der Waals surface area contributed by atoms with Gasteiger partial charge in [0.1, 0.15) is 5.75 Å². The Morgan fingerprint density at radius 2 is 2.07 bits per heavy atom. The lowest BCUT2D eigenvalue weighted by Gasteiger charge is -2.10. The minimum atomic E-state index is 0.0444. The van der Waals surface area contributed by atoms with Crippen LogP contribution in [0.2, 0.25) is 0 Å². The number of methoxy groups -OCH3 is 1. The van der Waals surface area contributed by atoms with Crippen LogP contribution >= 0.6 is 0 Å². The first-order valence-electron chi connectivity index (χ1n) is 5.22. The molecule has 15 heavy (non-hydrogen) atoms. The fourth-order valence-corrected chi connectivity index (χ4v) is 1.62. The lowest BCUT2D eigenvalue weighted by molar-refractivity contribution is 0.101. The van der Waals surface area contributed by atoms with Gasteiger partial charge in [0.2, 0.25) is 0 Å². The minimum absolute atomic E-state index is 0.0444. The van der Waals surface area contributed by atoms with E-state index < -0.39 is 0 Å². The zero-order valence-electron chi connectivity index (χ0n) is 9.83. The molecule has 0 saturated carbocycles. The van der Waals surface area contributed by atoms with Crippen LogP contribution in [0.25, 0.3) is 0 Å². The number of ether oxygens (including phenoxy) is 1. The van der Waals surface area contributed by atoms with Gasteiger partial charge in [0.05, 0.1) is 12.7 Å². The molecule has 0 aliphatic heterocycles. The number of hydrogen-bond donors (Lipinski definition) is 0. The number of carbonyl (C=O) groups excluding carboxylic acids is 1. The Morgan fingerprint density at radius 1 is 1.40 bits per heavy atom. The predicted molar refractivity (Wildman–Crippen MR) is 61.5 cm³/mol. The number of ketones is 1. The zero-order valence-corrected chi connectivity index (χ0v) is 9.83. The highest BCUT2D eigenvalue weighted by Crippen LogP contribution is 2.22. The molecule has 0 aliphatic rings. The van der Waals surface area contributed by atoms with E-state index in [1.807, 2.05) is 18.2 Å². The molecule has 0 unspecified atom stereocenters. The van der Waals surface area contributed by atoms with Crippen LogP contribution in [0.15, 0.2) is 18.2 Å². The van der Waals surface area contributed by atoms with Gasteiger partial charge in [-0.1, -0.05) is 19.9 Å². The summed E-state index contributed by atoms with van der Waals surface area (Å²) in [6, 6.07) is 5.80. The zero-order chi connectivity index (χ0) is 11.4. The van der Waals surface area contributed by atoms with E-state index in [4.69, 9.17) is 4.74 Å². The Labute approximate surface area is 91.3 Å². The first-order valence-corrected chi connectivity index (χ1v) is 5.22. The predicted octanol–water partition coefficient (Wildman–Crippen LogP) is 3.10. The maximum absolute atomic E-state index is 11.3. The second kappa shape index (κ2) is 4.96. The Bertz CT molecular complexity index is 354. The fourth-order valence-electron chi connectivity index (χ4n) is 1.62. The third-order valence-corrected chi connectivity index (χ3v) is 2.29. The Balaban J connectivity index is 3.02. The number of benzene rings is 1. The highest BCUT2D eigenvalue weighted by molar-refractivity contribution is 5.96. The van der Waals surface area contributed by atoms with Gasteiger partial charge in [0, 0.05) is 0 Å². The van der Waals surface area contributed by atoms with Crippen LogP contribution in [0, 0.1) is 5.92 Å². The van der Waals surface area contributed by atoms with Crippen LogP contribution in [0.4, 0.5) is 0 Å². The Hall–Kier alpha value is -1.31. The van der Waals surface area contributed by atoms with Crippen molar-refractivity contribution in [3.8, 4) is 5.75 Å². The van der Waals surface area contributed by atoms with Gasteiger partial charge in [-0.2, -0.15) is 0 Å². The molecule has 0 saturated heterocycles. The molecule has 1 rings (SSSR count). The van der Waals surface area contributed by atoms with Gasteiger partial charge in [0.15, 0.2) is 5.78 Å². The van der Waals surface area contributed by atoms with Crippen molar-refractivity contribution in [1.29, 1.82) is 0 Å². The molecule has 0 aliphatic carbocycles. The van der Waals surface area contributed by atoms with Gasteiger partial charge in [-0.3, -0.25) is 4.79 Å². The molecule has 0 radical (unpaired) electrons. The van der Waals surface area contributed by atoms with E-state index in [-0.39, 0.29) is 5.78 Å². The molecule has 2 nitrogen and oxygen atoms in total. The molecule has 0 atom stereocenters. The summed E-state index contributed by atoms with van der Waals surface area (Å²) in [4.78, 5) is 11.3. The monoisotopic (exact) mass is 206 g/mol. The van der Waals surface area contributed by atoms with Crippen molar-refractivity contribution in [1.82, 2.24) is 0 Å². The first-order chi connectivity index (χ1) is 7.04. The van der Waals surface area contributed by atoms with Crippen LogP contribution < -0.4 is 4.74 Å². The Kier molecular flexibility index (Phi) is 3.89. The van der Waals surface area contributed by atoms with E-state index in [2.05, 4.69) is 13.8 Å². The lowest BCUT2D eigenvalue weighted by atomic mass is 10.00. The molecule has 82 valence electrons. The maximum Gasteiger partial charge on any atom is 0.163 e. The van der Waals surface area contributed by atoms with Gasteiger partial charge >= 0.3 is 0 Å². The summed E-state index contributed by atoms with van der Waals surface area (Å²) in [5, 5.41) is 0. The van der Waals surface area contributed by atoms with E-state index in [0.29, 0.717) is 17.2 Å². The summed E-state index contributed by atoms with van der Waals surface area (Å²) in [5.41, 5.74) is 1.87. The fraction of sp³-hybridized carbons (Fsp3) is 0.462. The second-order valence-corrected chi connectivity index (χ2v) is 4.19. The third kappa shape index (κ3) is 3.08. The molecule has 0 fully saturated rings. The van der Waals surface area contributed by atoms with Crippen LogP contribution in [-0.4, -0.2) is 12.9 Å². The molecule has 1 aromatic carbocycles. The molecule has 0 N–H and O–H groups in total. The average molecular weight is 206 g/mol. The standard InChI is InChI=1S/C13H18O2/c1-9(2)7-11-5-6-12(10(3)14)13(8-11)15-4/h5-6,8-9H,7H2,1-4H3. The molecule has 0 bridgehead atoms. The van der Waals surface area contributed by atoms with Crippen LogP contribution in [0.3, 0.4) is 0 Å².